The van der Waals surface area contributed by atoms with Gasteiger partial charge in [0.25, 0.3) is 5.56 Å². The molecule has 1 N–H and O–H groups in total. The largest absolute Gasteiger partial charge is 0.396 e. The Balaban J connectivity index is 2.19. The van der Waals surface area contributed by atoms with E-state index in [0.717, 1.165) is 10.7 Å². The number of rotatable bonds is 7. The average molecular weight is 463 g/mol. The fourth-order valence-corrected chi connectivity index (χ4v) is 3.43. The number of benzene rings is 2. The molecule has 31 heavy (non-hydrogen) atoms. The summed E-state index contributed by atoms with van der Waals surface area (Å²) in [5.41, 5.74) is 0.259. The zero-order chi connectivity index (χ0) is 22.7. The highest BCUT2D eigenvalue weighted by Crippen LogP contribution is 2.28. The maximum atomic E-state index is 13.8. The normalized spacial score (nSPS) is 12.2. The number of hydrogen-bond acceptors (Lipinski definition) is 4. The smallest absolute Gasteiger partial charge is 0.282 e. The minimum Gasteiger partial charge on any atom is -0.396 e. The molecule has 162 valence electrons. The number of Topliss-reactive ketones (excluding diaryl/α,β-unsaturated/α-hetero) is 1. The molecule has 5 nitrogen and oxygen atoms in total. The van der Waals surface area contributed by atoms with Crippen molar-refractivity contribution >= 4 is 29.0 Å². The van der Waals surface area contributed by atoms with Crippen molar-refractivity contribution in [3.63, 3.8) is 0 Å². The number of aliphatic hydroxyl groups is 1. The average Bonchev–Trinajstić information content (AvgIpc) is 2.73. The van der Waals surface area contributed by atoms with E-state index in [4.69, 9.17) is 23.2 Å². The van der Waals surface area contributed by atoms with Gasteiger partial charge in [-0.25, -0.2) is 4.39 Å². The van der Waals surface area contributed by atoms with Crippen LogP contribution in [-0.4, -0.2) is 27.3 Å². The van der Waals surface area contributed by atoms with Crippen LogP contribution in [0.25, 0.3) is 16.9 Å². The van der Waals surface area contributed by atoms with Crippen molar-refractivity contribution in [1.29, 1.82) is 0 Å². The van der Waals surface area contributed by atoms with Crippen molar-refractivity contribution in [1.82, 2.24) is 9.78 Å². The first-order valence-corrected chi connectivity index (χ1v) is 10.5. The van der Waals surface area contributed by atoms with E-state index in [9.17, 15) is 19.1 Å². The molecule has 0 aliphatic carbocycles. The van der Waals surface area contributed by atoms with Crippen LogP contribution in [0.5, 0.6) is 0 Å². The van der Waals surface area contributed by atoms with Gasteiger partial charge in [0.15, 0.2) is 5.78 Å². The lowest BCUT2D eigenvalue weighted by Crippen LogP contribution is -2.29. The molecule has 0 aliphatic heterocycles. The fourth-order valence-electron chi connectivity index (χ4n) is 3.13. The quantitative estimate of drug-likeness (QED) is 0.490. The van der Waals surface area contributed by atoms with Crippen LogP contribution < -0.4 is 5.56 Å². The lowest BCUT2D eigenvalue weighted by atomic mass is 9.90. The Bertz CT molecular complexity index is 1180. The summed E-state index contributed by atoms with van der Waals surface area (Å²) in [5.74, 6) is -1.21. The molecule has 0 saturated heterocycles. The van der Waals surface area contributed by atoms with Crippen molar-refractivity contribution in [2.75, 3.05) is 6.61 Å². The summed E-state index contributed by atoms with van der Waals surface area (Å²) in [6, 6.07) is 11.6. The highest BCUT2D eigenvalue weighted by atomic mass is 35.5. The fraction of sp³-hybridized carbons (Fsp3) is 0.261. The molecule has 0 radical (unpaired) electrons. The van der Waals surface area contributed by atoms with Gasteiger partial charge in [0, 0.05) is 18.6 Å². The van der Waals surface area contributed by atoms with Gasteiger partial charge in [-0.2, -0.15) is 9.78 Å². The third-order valence-electron chi connectivity index (χ3n) is 5.11. The van der Waals surface area contributed by atoms with E-state index >= 15 is 0 Å². The number of aromatic nitrogens is 2. The Labute approximate surface area is 189 Å². The molecule has 0 fully saturated rings. The minimum atomic E-state index is -0.667. The van der Waals surface area contributed by atoms with Crippen molar-refractivity contribution in [2.45, 2.75) is 20.3 Å². The highest BCUT2D eigenvalue weighted by Gasteiger charge is 2.22. The first kappa shape index (κ1) is 23.1. The predicted molar refractivity (Wildman–Crippen MR) is 120 cm³/mol. The molecule has 8 heteroatoms. The van der Waals surface area contributed by atoms with Crippen LogP contribution in [-0.2, 0) is 0 Å². The van der Waals surface area contributed by atoms with Crippen molar-refractivity contribution in [2.24, 2.45) is 11.8 Å². The molecule has 1 aromatic heterocycles. The number of nitrogens with zero attached hydrogens (tertiary/aromatic N) is 2. The van der Waals surface area contributed by atoms with Crippen LogP contribution in [0.15, 0.2) is 53.3 Å². The summed E-state index contributed by atoms with van der Waals surface area (Å²) in [7, 11) is 0. The van der Waals surface area contributed by atoms with Crippen LogP contribution in [0.2, 0.25) is 10.0 Å². The molecular formula is C23H21Cl2FN2O3. The van der Waals surface area contributed by atoms with Gasteiger partial charge in [-0.05, 0) is 48.2 Å². The second-order valence-electron chi connectivity index (χ2n) is 7.58. The van der Waals surface area contributed by atoms with E-state index in [-0.39, 0.29) is 41.1 Å². The predicted octanol–water partition coefficient (Wildman–Crippen LogP) is 5.18. The van der Waals surface area contributed by atoms with Crippen LogP contribution in [0.3, 0.4) is 0 Å². The zero-order valence-electron chi connectivity index (χ0n) is 17.0. The molecule has 3 rings (SSSR count). The minimum absolute atomic E-state index is 0.00259. The standard InChI is InChI=1S/C23H21Cl2FN2O3/c1-13(2)15(12-29)9-22(30)18-11-21(14-6-7-19(24)20(25)8-14)27-28(23(18)31)17-5-3-4-16(26)10-17/h3-8,10-11,13,15,29H,9,12H2,1-2H3/t15-/m1/s1. The molecule has 1 heterocycles. The number of hydrogen-bond donors (Lipinski definition) is 1. The van der Waals surface area contributed by atoms with E-state index in [1.807, 2.05) is 13.8 Å². The third kappa shape index (κ3) is 5.21. The van der Waals surface area contributed by atoms with Crippen LogP contribution >= 0.6 is 23.2 Å². The second-order valence-corrected chi connectivity index (χ2v) is 8.40. The Morgan fingerprint density at radius 1 is 1.13 bits per heavy atom. The monoisotopic (exact) mass is 462 g/mol. The summed E-state index contributed by atoms with van der Waals surface area (Å²) >= 11 is 12.1. The van der Waals surface area contributed by atoms with Gasteiger partial charge < -0.3 is 5.11 Å². The van der Waals surface area contributed by atoms with Gasteiger partial charge in [-0.3, -0.25) is 9.59 Å². The van der Waals surface area contributed by atoms with E-state index < -0.39 is 17.2 Å². The number of carbonyl (C=O) groups is 1. The highest BCUT2D eigenvalue weighted by molar-refractivity contribution is 6.42. The van der Waals surface area contributed by atoms with E-state index in [2.05, 4.69) is 5.10 Å². The van der Waals surface area contributed by atoms with Crippen LogP contribution in [0.1, 0.15) is 30.6 Å². The lowest BCUT2D eigenvalue weighted by Gasteiger charge is -2.17. The molecule has 0 spiro atoms. The summed E-state index contributed by atoms with van der Waals surface area (Å²) < 4.78 is 14.8. The summed E-state index contributed by atoms with van der Waals surface area (Å²) in [4.78, 5) is 26.1. The van der Waals surface area contributed by atoms with E-state index in [1.54, 1.807) is 18.2 Å². The molecule has 0 bridgehead atoms. The number of carbonyl (C=O) groups excluding carboxylic acids is 1. The molecule has 1 atom stereocenters. The second kappa shape index (κ2) is 9.73. The van der Waals surface area contributed by atoms with Crippen LogP contribution in [0.4, 0.5) is 4.39 Å². The Morgan fingerprint density at radius 3 is 2.48 bits per heavy atom. The molecule has 0 amide bonds. The third-order valence-corrected chi connectivity index (χ3v) is 5.84. The Kier molecular flexibility index (Phi) is 7.26. The molecule has 0 saturated carbocycles. The molecule has 3 aromatic rings. The summed E-state index contributed by atoms with van der Waals surface area (Å²) in [6.45, 7) is 3.62. The van der Waals surface area contributed by atoms with Gasteiger partial charge in [0.05, 0.1) is 27.0 Å². The van der Waals surface area contributed by atoms with Gasteiger partial charge in [0.2, 0.25) is 0 Å². The maximum Gasteiger partial charge on any atom is 0.282 e. The van der Waals surface area contributed by atoms with Crippen molar-refractivity contribution in [3.8, 4) is 16.9 Å². The van der Waals surface area contributed by atoms with E-state index in [1.165, 1.54) is 24.3 Å². The maximum absolute atomic E-state index is 13.8. The number of halogens is 3. The summed E-state index contributed by atoms with van der Waals surface area (Å²) in [6.07, 6.45) is -0.00259. The SMILES string of the molecule is CC(C)[C@@H](CO)CC(=O)c1cc(-c2ccc(Cl)c(Cl)c2)nn(-c2cccc(F)c2)c1=O. The van der Waals surface area contributed by atoms with Crippen molar-refractivity contribution in [3.05, 3.63) is 80.3 Å². The summed E-state index contributed by atoms with van der Waals surface area (Å²) in [5, 5.41) is 14.6. The zero-order valence-corrected chi connectivity index (χ0v) is 18.5. The van der Waals surface area contributed by atoms with Gasteiger partial charge in [0.1, 0.15) is 5.82 Å². The van der Waals surface area contributed by atoms with Gasteiger partial charge >= 0.3 is 0 Å². The molecular weight excluding hydrogens is 442 g/mol. The topological polar surface area (TPSA) is 72.2 Å². The molecule has 0 unspecified atom stereocenters. The number of aliphatic hydroxyl groups excluding tert-OH is 1. The number of ketones is 1. The van der Waals surface area contributed by atoms with Gasteiger partial charge in [-0.15, -0.1) is 0 Å². The molecule has 2 aromatic carbocycles. The Morgan fingerprint density at radius 2 is 1.87 bits per heavy atom. The van der Waals surface area contributed by atoms with Crippen LogP contribution in [0, 0.1) is 17.7 Å². The first-order chi connectivity index (χ1) is 14.7. The van der Waals surface area contributed by atoms with Crippen molar-refractivity contribution < 1.29 is 14.3 Å². The lowest BCUT2D eigenvalue weighted by molar-refractivity contribution is 0.0905. The van der Waals surface area contributed by atoms with E-state index in [0.29, 0.717) is 16.3 Å². The Hall–Kier alpha value is -2.54. The first-order valence-electron chi connectivity index (χ1n) is 9.71. The molecule has 0 aliphatic rings. The van der Waals surface area contributed by atoms with Gasteiger partial charge in [-0.1, -0.05) is 49.2 Å².